The number of pyridine rings is 1. The summed E-state index contributed by atoms with van der Waals surface area (Å²) in [6, 6.07) is 4.07. The predicted molar refractivity (Wildman–Crippen MR) is 61.7 cm³/mol. The molecule has 1 heterocycles. The van der Waals surface area contributed by atoms with Gasteiger partial charge < -0.3 is 0 Å². The number of hydrogen-bond acceptors (Lipinski definition) is 1. The number of halogens is 1. The standard InChI is InChI=1S/C12H18ClN/c1-3-4-10(2)12(13)9-11-5-7-14-8-6-11/h5-8,10,12H,3-4,9H2,1-2H3. The average Bonchev–Trinajstić information content (AvgIpc) is 2.19. The molecule has 0 aliphatic heterocycles. The van der Waals surface area contributed by atoms with Gasteiger partial charge in [0, 0.05) is 17.8 Å². The third-order valence-corrected chi connectivity index (χ3v) is 3.13. The van der Waals surface area contributed by atoms with Crippen molar-refractivity contribution >= 4 is 11.6 Å². The van der Waals surface area contributed by atoms with Crippen LogP contribution in [0.1, 0.15) is 32.3 Å². The largest absolute Gasteiger partial charge is 0.265 e. The predicted octanol–water partition coefficient (Wildman–Crippen LogP) is 3.67. The lowest BCUT2D eigenvalue weighted by Gasteiger charge is -2.16. The molecule has 2 heteroatoms. The summed E-state index contributed by atoms with van der Waals surface area (Å²) in [6.07, 6.45) is 7.01. The van der Waals surface area contributed by atoms with Crippen LogP contribution >= 0.6 is 11.6 Å². The van der Waals surface area contributed by atoms with Crippen LogP contribution in [0.25, 0.3) is 0 Å². The molecule has 0 aromatic carbocycles. The summed E-state index contributed by atoms with van der Waals surface area (Å²) in [7, 11) is 0. The molecule has 0 bridgehead atoms. The van der Waals surface area contributed by atoms with Gasteiger partial charge in [-0.25, -0.2) is 0 Å². The van der Waals surface area contributed by atoms with E-state index in [1.54, 1.807) is 0 Å². The van der Waals surface area contributed by atoms with Crippen LogP contribution in [0.4, 0.5) is 0 Å². The van der Waals surface area contributed by atoms with Crippen LogP contribution in [0.5, 0.6) is 0 Å². The molecular weight excluding hydrogens is 194 g/mol. The number of nitrogens with zero attached hydrogens (tertiary/aromatic N) is 1. The third kappa shape index (κ3) is 3.67. The van der Waals surface area contributed by atoms with Crippen LogP contribution in [0, 0.1) is 5.92 Å². The van der Waals surface area contributed by atoms with E-state index in [0.717, 1.165) is 6.42 Å². The Morgan fingerprint density at radius 3 is 2.57 bits per heavy atom. The number of rotatable bonds is 5. The van der Waals surface area contributed by atoms with Crippen molar-refractivity contribution in [2.45, 2.75) is 38.5 Å². The lowest BCUT2D eigenvalue weighted by Crippen LogP contribution is -2.14. The number of alkyl halides is 1. The Hall–Kier alpha value is -0.560. The van der Waals surface area contributed by atoms with E-state index in [0.29, 0.717) is 5.92 Å². The Morgan fingerprint density at radius 2 is 2.00 bits per heavy atom. The van der Waals surface area contributed by atoms with E-state index in [4.69, 9.17) is 11.6 Å². The Bertz CT molecular complexity index is 248. The van der Waals surface area contributed by atoms with Crippen LogP contribution in [-0.4, -0.2) is 10.4 Å². The van der Waals surface area contributed by atoms with Crippen molar-refractivity contribution < 1.29 is 0 Å². The fraction of sp³-hybridized carbons (Fsp3) is 0.583. The summed E-state index contributed by atoms with van der Waals surface area (Å²) in [4.78, 5) is 3.99. The van der Waals surface area contributed by atoms with Gasteiger partial charge in [-0.1, -0.05) is 20.3 Å². The van der Waals surface area contributed by atoms with Crippen LogP contribution in [-0.2, 0) is 6.42 Å². The molecule has 0 fully saturated rings. The summed E-state index contributed by atoms with van der Waals surface area (Å²) in [5.74, 6) is 0.592. The molecule has 1 nitrogen and oxygen atoms in total. The van der Waals surface area contributed by atoms with Gasteiger partial charge in [-0.15, -0.1) is 11.6 Å². The first-order valence-electron chi connectivity index (χ1n) is 5.27. The highest BCUT2D eigenvalue weighted by molar-refractivity contribution is 6.20. The van der Waals surface area contributed by atoms with E-state index in [9.17, 15) is 0 Å². The topological polar surface area (TPSA) is 12.9 Å². The smallest absolute Gasteiger partial charge is 0.0401 e. The van der Waals surface area contributed by atoms with Crippen LogP contribution in [0.3, 0.4) is 0 Å². The molecule has 2 unspecified atom stereocenters. The summed E-state index contributed by atoms with van der Waals surface area (Å²) in [5, 5.41) is 0.248. The molecule has 0 saturated heterocycles. The maximum Gasteiger partial charge on any atom is 0.0401 e. The van der Waals surface area contributed by atoms with E-state index in [1.165, 1.54) is 18.4 Å². The lowest BCUT2D eigenvalue weighted by atomic mass is 9.97. The van der Waals surface area contributed by atoms with Gasteiger partial charge in [0.1, 0.15) is 0 Å². The normalized spacial score (nSPS) is 15.1. The molecule has 1 aromatic rings. The molecule has 0 radical (unpaired) electrons. The molecule has 0 spiro atoms. The molecular formula is C12H18ClN. The van der Waals surface area contributed by atoms with Gasteiger partial charge in [0.15, 0.2) is 0 Å². The molecule has 0 aliphatic rings. The van der Waals surface area contributed by atoms with E-state index in [-0.39, 0.29) is 5.38 Å². The highest BCUT2D eigenvalue weighted by Crippen LogP contribution is 2.19. The van der Waals surface area contributed by atoms with Crippen molar-refractivity contribution in [2.75, 3.05) is 0 Å². The molecule has 14 heavy (non-hydrogen) atoms. The van der Waals surface area contributed by atoms with Gasteiger partial charge >= 0.3 is 0 Å². The Kier molecular flexibility index (Phi) is 4.95. The zero-order chi connectivity index (χ0) is 10.4. The third-order valence-electron chi connectivity index (χ3n) is 2.54. The fourth-order valence-corrected chi connectivity index (χ4v) is 1.89. The first-order chi connectivity index (χ1) is 6.74. The van der Waals surface area contributed by atoms with Crippen molar-refractivity contribution in [1.82, 2.24) is 4.98 Å². The zero-order valence-corrected chi connectivity index (χ0v) is 9.67. The Balaban J connectivity index is 2.44. The highest BCUT2D eigenvalue weighted by Gasteiger charge is 2.13. The van der Waals surface area contributed by atoms with E-state index < -0.39 is 0 Å². The van der Waals surface area contributed by atoms with Crippen molar-refractivity contribution in [2.24, 2.45) is 5.92 Å². The van der Waals surface area contributed by atoms with Crippen LogP contribution in [0.15, 0.2) is 24.5 Å². The first-order valence-corrected chi connectivity index (χ1v) is 5.70. The molecule has 0 aliphatic carbocycles. The second kappa shape index (κ2) is 6.02. The summed E-state index contributed by atoms with van der Waals surface area (Å²) >= 11 is 6.32. The maximum absolute atomic E-state index is 6.32. The second-order valence-electron chi connectivity index (χ2n) is 3.84. The molecule has 0 saturated carbocycles. The first kappa shape index (κ1) is 11.5. The SMILES string of the molecule is CCCC(C)C(Cl)Cc1ccncc1. The van der Waals surface area contributed by atoms with E-state index in [2.05, 4.69) is 18.8 Å². The number of aromatic nitrogens is 1. The molecule has 0 N–H and O–H groups in total. The van der Waals surface area contributed by atoms with Crippen molar-refractivity contribution in [3.8, 4) is 0 Å². The van der Waals surface area contributed by atoms with Gasteiger partial charge in [-0.3, -0.25) is 4.98 Å². The van der Waals surface area contributed by atoms with Crippen LogP contribution in [0.2, 0.25) is 0 Å². The van der Waals surface area contributed by atoms with Gasteiger partial charge in [-0.05, 0) is 36.5 Å². The summed E-state index contributed by atoms with van der Waals surface area (Å²) in [6.45, 7) is 4.43. The quantitative estimate of drug-likeness (QED) is 0.678. The second-order valence-corrected chi connectivity index (χ2v) is 4.40. The van der Waals surface area contributed by atoms with Gasteiger partial charge in [0.2, 0.25) is 0 Å². The monoisotopic (exact) mass is 211 g/mol. The molecule has 0 amide bonds. The molecule has 1 aromatic heterocycles. The maximum atomic E-state index is 6.32. The molecule has 2 atom stereocenters. The minimum Gasteiger partial charge on any atom is -0.265 e. The molecule has 1 rings (SSSR count). The minimum absolute atomic E-state index is 0.248. The number of hydrogen-bond donors (Lipinski definition) is 0. The lowest BCUT2D eigenvalue weighted by molar-refractivity contribution is 0.494. The minimum atomic E-state index is 0.248. The highest BCUT2D eigenvalue weighted by atomic mass is 35.5. The summed E-state index contributed by atoms with van der Waals surface area (Å²) < 4.78 is 0. The van der Waals surface area contributed by atoms with E-state index in [1.807, 2.05) is 24.5 Å². The van der Waals surface area contributed by atoms with E-state index >= 15 is 0 Å². The average molecular weight is 212 g/mol. The van der Waals surface area contributed by atoms with Gasteiger partial charge in [-0.2, -0.15) is 0 Å². The fourth-order valence-electron chi connectivity index (χ4n) is 1.58. The molecule has 78 valence electrons. The van der Waals surface area contributed by atoms with Crippen molar-refractivity contribution in [3.05, 3.63) is 30.1 Å². The van der Waals surface area contributed by atoms with Crippen molar-refractivity contribution in [3.63, 3.8) is 0 Å². The van der Waals surface area contributed by atoms with Gasteiger partial charge in [0.25, 0.3) is 0 Å². The van der Waals surface area contributed by atoms with Gasteiger partial charge in [0.05, 0.1) is 0 Å². The Morgan fingerprint density at radius 1 is 1.36 bits per heavy atom. The zero-order valence-electron chi connectivity index (χ0n) is 8.91. The van der Waals surface area contributed by atoms with Crippen LogP contribution < -0.4 is 0 Å². The Labute approximate surface area is 91.5 Å². The summed E-state index contributed by atoms with van der Waals surface area (Å²) in [5.41, 5.74) is 1.28. The van der Waals surface area contributed by atoms with Crippen molar-refractivity contribution in [1.29, 1.82) is 0 Å².